The number of carboxylic acid groups (broad SMARTS) is 1. The minimum absolute atomic E-state index is 0.206. The van der Waals surface area contributed by atoms with Gasteiger partial charge in [0.15, 0.2) is 0 Å². The molecule has 0 saturated heterocycles. The van der Waals surface area contributed by atoms with Gasteiger partial charge in [-0.15, -0.1) is 0 Å². The lowest BCUT2D eigenvalue weighted by atomic mass is 9.95. The van der Waals surface area contributed by atoms with Gasteiger partial charge in [0, 0.05) is 5.41 Å². The van der Waals surface area contributed by atoms with Gasteiger partial charge in [0.2, 0.25) is 11.8 Å². The van der Waals surface area contributed by atoms with E-state index in [2.05, 4.69) is 10.6 Å². The molecule has 2 atom stereocenters. The molecule has 20 heavy (non-hydrogen) atoms. The normalized spacial score (nSPS) is 14.7. The van der Waals surface area contributed by atoms with Crippen molar-refractivity contribution in [2.45, 2.75) is 53.1 Å². The third kappa shape index (κ3) is 6.36. The summed E-state index contributed by atoms with van der Waals surface area (Å²) in [5, 5.41) is 14.0. The lowest BCUT2D eigenvalue weighted by Gasteiger charge is -2.22. The van der Waals surface area contributed by atoms with E-state index >= 15 is 0 Å². The Bertz CT molecular complexity index is 396. The molecular formula is C14H24N2O4. The third-order valence-electron chi connectivity index (χ3n) is 2.64. The van der Waals surface area contributed by atoms with Crippen molar-refractivity contribution >= 4 is 17.8 Å². The summed E-state index contributed by atoms with van der Waals surface area (Å²) in [5.41, 5.74) is -0.605. The van der Waals surface area contributed by atoms with Crippen LogP contribution in [0.15, 0.2) is 12.2 Å². The van der Waals surface area contributed by atoms with Gasteiger partial charge in [0.25, 0.3) is 0 Å². The minimum Gasteiger partial charge on any atom is -0.480 e. The smallest absolute Gasteiger partial charge is 0.326 e. The Kier molecular flexibility index (Phi) is 6.96. The molecule has 0 rings (SSSR count). The predicted molar refractivity (Wildman–Crippen MR) is 76.1 cm³/mol. The number of aliphatic carboxylic acids is 1. The molecule has 6 heteroatoms. The summed E-state index contributed by atoms with van der Waals surface area (Å²) >= 11 is 0. The average molecular weight is 284 g/mol. The van der Waals surface area contributed by atoms with Gasteiger partial charge in [-0.05, 0) is 20.3 Å². The molecule has 2 unspecified atom stereocenters. The number of carboxylic acids is 1. The third-order valence-corrected chi connectivity index (χ3v) is 2.64. The van der Waals surface area contributed by atoms with Crippen molar-refractivity contribution in [2.75, 3.05) is 0 Å². The predicted octanol–water partition coefficient (Wildman–Crippen LogP) is 1.07. The van der Waals surface area contributed by atoms with E-state index in [1.54, 1.807) is 39.8 Å². The standard InChI is InChI=1S/C14H24N2O4/c1-6-7-8-10(12(18)19)16-11(17)9(2)15-13(20)14(3,4)5/h6-7,9-10H,8H2,1-5H3,(H,15,20)(H,16,17)(H,18,19)/b7-6+. The van der Waals surface area contributed by atoms with Gasteiger partial charge in [-0.1, -0.05) is 32.9 Å². The van der Waals surface area contributed by atoms with E-state index in [9.17, 15) is 14.4 Å². The second-order valence-electron chi connectivity index (χ2n) is 5.65. The summed E-state index contributed by atoms with van der Waals surface area (Å²) in [6.45, 7) is 8.50. The minimum atomic E-state index is -1.11. The van der Waals surface area contributed by atoms with Crippen LogP contribution in [0.25, 0.3) is 0 Å². The summed E-state index contributed by atoms with van der Waals surface area (Å²) in [5.74, 6) is -1.88. The largest absolute Gasteiger partial charge is 0.480 e. The van der Waals surface area contributed by atoms with Crippen molar-refractivity contribution in [3.8, 4) is 0 Å². The van der Waals surface area contributed by atoms with Crippen molar-refractivity contribution in [1.29, 1.82) is 0 Å². The fourth-order valence-corrected chi connectivity index (χ4v) is 1.27. The van der Waals surface area contributed by atoms with Gasteiger partial charge < -0.3 is 15.7 Å². The Morgan fingerprint density at radius 2 is 1.75 bits per heavy atom. The van der Waals surface area contributed by atoms with Crippen LogP contribution in [0.2, 0.25) is 0 Å². The van der Waals surface area contributed by atoms with Crippen LogP contribution in [0.3, 0.4) is 0 Å². The van der Waals surface area contributed by atoms with Crippen LogP contribution in [0, 0.1) is 5.41 Å². The van der Waals surface area contributed by atoms with Crippen LogP contribution in [0.4, 0.5) is 0 Å². The molecule has 0 aromatic carbocycles. The number of nitrogens with one attached hydrogen (secondary N) is 2. The highest BCUT2D eigenvalue weighted by atomic mass is 16.4. The number of carbonyl (C=O) groups is 3. The number of carbonyl (C=O) groups excluding carboxylic acids is 2. The number of amides is 2. The molecular weight excluding hydrogens is 260 g/mol. The Balaban J connectivity index is 4.57. The molecule has 0 aliphatic rings. The lowest BCUT2D eigenvalue weighted by molar-refractivity contribution is -0.142. The fourth-order valence-electron chi connectivity index (χ4n) is 1.27. The topological polar surface area (TPSA) is 95.5 Å². The second kappa shape index (κ2) is 7.67. The highest BCUT2D eigenvalue weighted by molar-refractivity contribution is 5.91. The van der Waals surface area contributed by atoms with E-state index < -0.39 is 29.4 Å². The van der Waals surface area contributed by atoms with Crippen molar-refractivity contribution < 1.29 is 19.5 Å². The molecule has 0 bridgehead atoms. The van der Waals surface area contributed by atoms with Crippen LogP contribution in [-0.4, -0.2) is 35.0 Å². The van der Waals surface area contributed by atoms with E-state index in [0.717, 1.165) is 0 Å². The van der Waals surface area contributed by atoms with Crippen LogP contribution in [0.5, 0.6) is 0 Å². The first-order chi connectivity index (χ1) is 9.09. The first-order valence-electron chi connectivity index (χ1n) is 6.55. The quantitative estimate of drug-likeness (QED) is 0.636. The molecule has 6 nitrogen and oxygen atoms in total. The molecule has 0 heterocycles. The summed E-state index contributed by atoms with van der Waals surface area (Å²) < 4.78 is 0. The van der Waals surface area contributed by atoms with Crippen molar-refractivity contribution in [2.24, 2.45) is 5.41 Å². The second-order valence-corrected chi connectivity index (χ2v) is 5.65. The van der Waals surface area contributed by atoms with E-state index in [1.165, 1.54) is 6.92 Å². The summed E-state index contributed by atoms with van der Waals surface area (Å²) in [6.07, 6.45) is 3.59. The molecule has 0 aromatic rings. The Morgan fingerprint density at radius 1 is 1.20 bits per heavy atom. The van der Waals surface area contributed by atoms with E-state index in [-0.39, 0.29) is 12.3 Å². The molecule has 0 saturated carbocycles. The van der Waals surface area contributed by atoms with Gasteiger partial charge in [-0.3, -0.25) is 9.59 Å². The zero-order valence-corrected chi connectivity index (χ0v) is 12.7. The number of hydrogen-bond acceptors (Lipinski definition) is 3. The maximum Gasteiger partial charge on any atom is 0.326 e. The zero-order chi connectivity index (χ0) is 15.9. The van der Waals surface area contributed by atoms with Crippen molar-refractivity contribution in [1.82, 2.24) is 10.6 Å². The molecule has 0 aromatic heterocycles. The first-order valence-corrected chi connectivity index (χ1v) is 6.55. The number of hydrogen-bond donors (Lipinski definition) is 3. The van der Waals surface area contributed by atoms with E-state index in [0.29, 0.717) is 0 Å². The highest BCUT2D eigenvalue weighted by Gasteiger charge is 2.27. The average Bonchev–Trinajstić information content (AvgIpc) is 2.32. The maximum atomic E-state index is 11.9. The van der Waals surface area contributed by atoms with Crippen LogP contribution in [0.1, 0.15) is 41.0 Å². The molecule has 0 aliphatic heterocycles. The summed E-state index contributed by atoms with van der Waals surface area (Å²) in [6, 6.07) is -1.78. The van der Waals surface area contributed by atoms with Crippen LogP contribution < -0.4 is 10.6 Å². The van der Waals surface area contributed by atoms with Gasteiger partial charge in [0.05, 0.1) is 0 Å². The Morgan fingerprint density at radius 3 is 2.15 bits per heavy atom. The molecule has 0 aliphatic carbocycles. The van der Waals surface area contributed by atoms with Crippen molar-refractivity contribution in [3.05, 3.63) is 12.2 Å². The lowest BCUT2D eigenvalue weighted by Crippen LogP contribution is -2.52. The SMILES string of the molecule is C/C=C/CC(NC(=O)C(C)NC(=O)C(C)(C)C)C(=O)O. The Labute approximate surface area is 119 Å². The summed E-state index contributed by atoms with van der Waals surface area (Å²) in [4.78, 5) is 34.6. The molecule has 0 spiro atoms. The van der Waals surface area contributed by atoms with E-state index in [1.807, 2.05) is 0 Å². The fraction of sp³-hybridized carbons (Fsp3) is 0.643. The molecule has 0 radical (unpaired) electrons. The van der Waals surface area contributed by atoms with Gasteiger partial charge in [-0.25, -0.2) is 4.79 Å². The molecule has 3 N–H and O–H groups in total. The van der Waals surface area contributed by atoms with Crippen LogP contribution in [-0.2, 0) is 14.4 Å². The Hall–Kier alpha value is -1.85. The monoisotopic (exact) mass is 284 g/mol. The maximum absolute atomic E-state index is 11.9. The van der Waals surface area contributed by atoms with Crippen LogP contribution >= 0.6 is 0 Å². The highest BCUT2D eigenvalue weighted by Crippen LogP contribution is 2.12. The number of allylic oxidation sites excluding steroid dienone is 1. The zero-order valence-electron chi connectivity index (χ0n) is 12.7. The van der Waals surface area contributed by atoms with Gasteiger partial charge >= 0.3 is 5.97 Å². The van der Waals surface area contributed by atoms with Crippen molar-refractivity contribution in [3.63, 3.8) is 0 Å². The van der Waals surface area contributed by atoms with Gasteiger partial charge in [0.1, 0.15) is 12.1 Å². The first kappa shape index (κ1) is 18.1. The summed E-state index contributed by atoms with van der Waals surface area (Å²) in [7, 11) is 0. The number of rotatable bonds is 6. The molecule has 2 amide bonds. The van der Waals surface area contributed by atoms with E-state index in [4.69, 9.17) is 5.11 Å². The molecule has 114 valence electrons. The molecule has 0 fully saturated rings. The van der Waals surface area contributed by atoms with Gasteiger partial charge in [-0.2, -0.15) is 0 Å².